The van der Waals surface area contributed by atoms with E-state index in [0.29, 0.717) is 6.42 Å². The minimum Gasteiger partial charge on any atom is -0.316 e. The van der Waals surface area contributed by atoms with Crippen LogP contribution >= 0.6 is 0 Å². The van der Waals surface area contributed by atoms with Crippen LogP contribution in [0.1, 0.15) is 26.7 Å². The van der Waals surface area contributed by atoms with E-state index in [1.807, 2.05) is 31.2 Å². The molecular formula is C14H20N2O2. The van der Waals surface area contributed by atoms with Gasteiger partial charge < -0.3 is 9.80 Å². The number of rotatable bonds is 4. The average molecular weight is 248 g/mol. The number of benzene rings is 1. The molecule has 0 aromatic heterocycles. The molecule has 0 spiro atoms. The zero-order valence-corrected chi connectivity index (χ0v) is 11.4. The summed E-state index contributed by atoms with van der Waals surface area (Å²) < 4.78 is 0. The molecule has 0 aliphatic rings. The van der Waals surface area contributed by atoms with Gasteiger partial charge in [-0.1, -0.05) is 6.92 Å². The van der Waals surface area contributed by atoms with Gasteiger partial charge in [0.25, 0.3) is 0 Å². The maximum Gasteiger partial charge on any atom is 0.226 e. The lowest BCUT2D eigenvalue weighted by Gasteiger charge is -2.19. The molecule has 0 bridgehead atoms. The molecule has 0 saturated heterocycles. The second-order valence-electron chi connectivity index (χ2n) is 4.30. The summed E-state index contributed by atoms with van der Waals surface area (Å²) in [5.41, 5.74) is 1.66. The molecule has 0 aliphatic carbocycles. The van der Waals surface area contributed by atoms with Crippen molar-refractivity contribution >= 4 is 23.2 Å². The van der Waals surface area contributed by atoms with Crippen LogP contribution in [0.3, 0.4) is 0 Å². The first-order chi connectivity index (χ1) is 8.47. The topological polar surface area (TPSA) is 40.6 Å². The van der Waals surface area contributed by atoms with Crippen molar-refractivity contribution < 1.29 is 9.59 Å². The van der Waals surface area contributed by atoms with Crippen LogP contribution in [-0.4, -0.2) is 25.9 Å². The van der Waals surface area contributed by atoms with Crippen molar-refractivity contribution in [3.63, 3.8) is 0 Å². The van der Waals surface area contributed by atoms with Gasteiger partial charge in [0.05, 0.1) is 0 Å². The molecule has 4 nitrogen and oxygen atoms in total. The Morgan fingerprint density at radius 1 is 1.00 bits per heavy atom. The first kappa shape index (κ1) is 14.2. The number of carbonyl (C=O) groups excluding carboxylic acids is 2. The summed E-state index contributed by atoms with van der Waals surface area (Å²) in [6.45, 7) is 3.50. The van der Waals surface area contributed by atoms with Gasteiger partial charge in [-0.3, -0.25) is 9.59 Å². The van der Waals surface area contributed by atoms with Gasteiger partial charge in [0.15, 0.2) is 0 Å². The van der Waals surface area contributed by atoms with Crippen molar-refractivity contribution in [3.8, 4) is 0 Å². The van der Waals surface area contributed by atoms with E-state index in [4.69, 9.17) is 0 Å². The number of hydrogen-bond acceptors (Lipinski definition) is 2. The lowest BCUT2D eigenvalue weighted by molar-refractivity contribution is -0.118. The van der Waals surface area contributed by atoms with Crippen molar-refractivity contribution in [2.24, 2.45) is 0 Å². The third-order valence-corrected chi connectivity index (χ3v) is 2.93. The van der Waals surface area contributed by atoms with Gasteiger partial charge in [0.1, 0.15) is 0 Å². The Hall–Kier alpha value is -1.84. The number of anilines is 2. The van der Waals surface area contributed by atoms with Gasteiger partial charge >= 0.3 is 0 Å². The molecule has 0 heterocycles. The van der Waals surface area contributed by atoms with Gasteiger partial charge in [-0.25, -0.2) is 0 Å². The van der Waals surface area contributed by atoms with E-state index in [1.54, 1.807) is 23.9 Å². The fraction of sp³-hybridized carbons (Fsp3) is 0.429. The molecule has 0 N–H and O–H groups in total. The largest absolute Gasteiger partial charge is 0.316 e. The van der Waals surface area contributed by atoms with Crippen molar-refractivity contribution in [3.05, 3.63) is 24.3 Å². The predicted molar refractivity (Wildman–Crippen MR) is 73.8 cm³/mol. The smallest absolute Gasteiger partial charge is 0.226 e. The van der Waals surface area contributed by atoms with Crippen LogP contribution in [0, 0.1) is 0 Å². The molecule has 2 amide bonds. The number of amides is 2. The molecule has 1 aromatic carbocycles. The molecule has 0 saturated carbocycles. The number of carbonyl (C=O) groups is 2. The third-order valence-electron chi connectivity index (χ3n) is 2.93. The molecule has 0 aliphatic heterocycles. The average Bonchev–Trinajstić information content (AvgIpc) is 2.37. The Kier molecular flexibility index (Phi) is 4.89. The van der Waals surface area contributed by atoms with Gasteiger partial charge in [-0.2, -0.15) is 0 Å². The van der Waals surface area contributed by atoms with Gasteiger partial charge in [-0.15, -0.1) is 0 Å². The van der Waals surface area contributed by atoms with Crippen molar-refractivity contribution in [1.29, 1.82) is 0 Å². The highest BCUT2D eigenvalue weighted by Crippen LogP contribution is 2.20. The Morgan fingerprint density at radius 2 is 1.44 bits per heavy atom. The maximum absolute atomic E-state index is 11.7. The summed E-state index contributed by atoms with van der Waals surface area (Å²) in [5, 5.41) is 0. The SMILES string of the molecule is CCCC(=O)N(C)c1ccc(N(C)C(C)=O)cc1. The standard InChI is InChI=1S/C14H20N2O2/c1-5-6-14(18)16(4)13-9-7-12(8-10-13)15(3)11(2)17/h7-10H,5-6H2,1-4H3. The van der Waals surface area contributed by atoms with E-state index in [9.17, 15) is 9.59 Å². The highest BCUT2D eigenvalue weighted by atomic mass is 16.2. The van der Waals surface area contributed by atoms with E-state index < -0.39 is 0 Å². The Bertz CT molecular complexity index is 426. The summed E-state index contributed by atoms with van der Waals surface area (Å²) in [7, 11) is 3.49. The van der Waals surface area contributed by atoms with E-state index in [0.717, 1.165) is 17.8 Å². The second-order valence-corrected chi connectivity index (χ2v) is 4.30. The molecule has 1 rings (SSSR count). The van der Waals surface area contributed by atoms with Gasteiger partial charge in [0, 0.05) is 38.8 Å². The van der Waals surface area contributed by atoms with Crippen LogP contribution in [0.15, 0.2) is 24.3 Å². The zero-order valence-electron chi connectivity index (χ0n) is 11.4. The second kappa shape index (κ2) is 6.19. The molecule has 18 heavy (non-hydrogen) atoms. The lowest BCUT2D eigenvalue weighted by Crippen LogP contribution is -2.26. The third kappa shape index (κ3) is 3.32. The van der Waals surface area contributed by atoms with Crippen LogP contribution < -0.4 is 9.80 Å². The molecule has 98 valence electrons. The van der Waals surface area contributed by atoms with Crippen LogP contribution in [0.5, 0.6) is 0 Å². The highest BCUT2D eigenvalue weighted by Gasteiger charge is 2.10. The van der Waals surface area contributed by atoms with E-state index in [-0.39, 0.29) is 11.8 Å². The predicted octanol–water partition coefficient (Wildman–Crippen LogP) is 2.43. The summed E-state index contributed by atoms with van der Waals surface area (Å²) >= 11 is 0. The van der Waals surface area contributed by atoms with Crippen LogP contribution in [0.2, 0.25) is 0 Å². The fourth-order valence-corrected chi connectivity index (χ4v) is 1.61. The first-order valence-corrected chi connectivity index (χ1v) is 6.08. The quantitative estimate of drug-likeness (QED) is 0.821. The highest BCUT2D eigenvalue weighted by molar-refractivity contribution is 5.94. The van der Waals surface area contributed by atoms with E-state index >= 15 is 0 Å². The summed E-state index contributed by atoms with van der Waals surface area (Å²) in [5.74, 6) is 0.0864. The van der Waals surface area contributed by atoms with E-state index in [1.165, 1.54) is 6.92 Å². The van der Waals surface area contributed by atoms with Crippen LogP contribution in [0.4, 0.5) is 11.4 Å². The van der Waals surface area contributed by atoms with Crippen molar-refractivity contribution in [2.75, 3.05) is 23.9 Å². The molecule has 1 aromatic rings. The minimum absolute atomic E-state index is 0.0156. The monoisotopic (exact) mass is 248 g/mol. The van der Waals surface area contributed by atoms with Crippen LogP contribution in [-0.2, 0) is 9.59 Å². The summed E-state index contributed by atoms with van der Waals surface area (Å²) in [6, 6.07) is 7.38. The Balaban J connectivity index is 2.82. The molecule has 0 unspecified atom stereocenters. The van der Waals surface area contributed by atoms with Crippen LogP contribution in [0.25, 0.3) is 0 Å². The van der Waals surface area contributed by atoms with E-state index in [2.05, 4.69) is 0 Å². The zero-order chi connectivity index (χ0) is 13.7. The first-order valence-electron chi connectivity index (χ1n) is 6.08. The summed E-state index contributed by atoms with van der Waals surface area (Å²) in [6.07, 6.45) is 1.39. The maximum atomic E-state index is 11.7. The minimum atomic E-state index is -0.0156. The van der Waals surface area contributed by atoms with Crippen molar-refractivity contribution in [2.45, 2.75) is 26.7 Å². The Morgan fingerprint density at radius 3 is 1.83 bits per heavy atom. The summed E-state index contributed by atoms with van der Waals surface area (Å²) in [4.78, 5) is 26.2. The molecule has 0 atom stereocenters. The number of hydrogen-bond donors (Lipinski definition) is 0. The molecule has 0 radical (unpaired) electrons. The number of nitrogens with zero attached hydrogens (tertiary/aromatic N) is 2. The molecular weight excluding hydrogens is 228 g/mol. The lowest BCUT2D eigenvalue weighted by atomic mass is 10.2. The molecule has 4 heteroatoms. The van der Waals surface area contributed by atoms with Crippen molar-refractivity contribution in [1.82, 2.24) is 0 Å². The van der Waals surface area contributed by atoms with Gasteiger partial charge in [0.2, 0.25) is 11.8 Å². The molecule has 0 fully saturated rings. The fourth-order valence-electron chi connectivity index (χ4n) is 1.61. The Labute approximate surface area is 108 Å². The van der Waals surface area contributed by atoms with Gasteiger partial charge in [-0.05, 0) is 30.7 Å². The normalized spacial score (nSPS) is 10.0.